The van der Waals surface area contributed by atoms with E-state index in [2.05, 4.69) is 0 Å². The summed E-state index contributed by atoms with van der Waals surface area (Å²) in [5.41, 5.74) is -1.45. The van der Waals surface area contributed by atoms with Crippen molar-refractivity contribution in [1.29, 1.82) is 5.26 Å². The molecule has 0 aromatic carbocycles. The lowest BCUT2D eigenvalue weighted by Crippen LogP contribution is -2.24. The highest BCUT2D eigenvalue weighted by molar-refractivity contribution is 5.61. The van der Waals surface area contributed by atoms with Crippen molar-refractivity contribution in [2.75, 3.05) is 0 Å². The van der Waals surface area contributed by atoms with Gasteiger partial charge in [-0.25, -0.2) is 0 Å². The molecule has 0 aliphatic carbocycles. The Morgan fingerprint density at radius 1 is 2.00 bits per heavy atom. The molecule has 0 saturated carbocycles. The maximum absolute atomic E-state index is 9.82. The molecule has 0 heterocycles. The van der Waals surface area contributed by atoms with Crippen LogP contribution in [0.5, 0.6) is 0 Å². The van der Waals surface area contributed by atoms with E-state index < -0.39 is 5.60 Å². The van der Waals surface area contributed by atoms with Crippen LogP contribution in [0.4, 0.5) is 0 Å². The number of nitrogens with zero attached hydrogens (tertiary/aromatic N) is 1. The van der Waals surface area contributed by atoms with Crippen molar-refractivity contribution in [2.45, 2.75) is 18.9 Å². The molecule has 0 rings (SSSR count). The van der Waals surface area contributed by atoms with Gasteiger partial charge in [0.2, 0.25) is 0 Å². The van der Waals surface area contributed by atoms with Crippen LogP contribution in [0, 0.1) is 11.3 Å². The summed E-state index contributed by atoms with van der Waals surface area (Å²) < 4.78 is 0. The Morgan fingerprint density at radius 3 is 2.62 bits per heavy atom. The van der Waals surface area contributed by atoms with Gasteiger partial charge in [0.05, 0.1) is 12.5 Å². The van der Waals surface area contributed by atoms with Crippen LogP contribution in [0.25, 0.3) is 0 Å². The lowest BCUT2D eigenvalue weighted by molar-refractivity contribution is -0.121. The van der Waals surface area contributed by atoms with Crippen molar-refractivity contribution in [1.82, 2.24) is 0 Å². The normalized spacial score (nSPS) is 16.1. The second-order valence-corrected chi connectivity index (χ2v) is 1.81. The van der Waals surface area contributed by atoms with Crippen LogP contribution >= 0.6 is 0 Å². The molecule has 0 aromatic heterocycles. The third kappa shape index (κ3) is 2.32. The summed E-state index contributed by atoms with van der Waals surface area (Å²) in [7, 11) is 0. The topological polar surface area (TPSA) is 61.1 Å². The van der Waals surface area contributed by atoms with E-state index in [-0.39, 0.29) is 6.42 Å². The van der Waals surface area contributed by atoms with Crippen molar-refractivity contribution in [2.24, 2.45) is 0 Å². The van der Waals surface area contributed by atoms with Crippen LogP contribution in [-0.2, 0) is 4.79 Å². The van der Waals surface area contributed by atoms with E-state index in [1.165, 1.54) is 6.92 Å². The van der Waals surface area contributed by atoms with Crippen LogP contribution in [-0.4, -0.2) is 17.0 Å². The summed E-state index contributed by atoms with van der Waals surface area (Å²) in [6.07, 6.45) is 0.215. The third-order valence-electron chi connectivity index (χ3n) is 0.691. The quantitative estimate of drug-likeness (QED) is 0.506. The number of aldehydes is 1. The van der Waals surface area contributed by atoms with Gasteiger partial charge in [0.25, 0.3) is 0 Å². The Labute approximate surface area is 47.5 Å². The first-order valence-electron chi connectivity index (χ1n) is 2.18. The summed E-state index contributed by atoms with van der Waals surface area (Å²) >= 11 is 0. The van der Waals surface area contributed by atoms with Crippen molar-refractivity contribution in [3.05, 3.63) is 0 Å². The molecule has 0 bridgehead atoms. The molecule has 1 atom stereocenters. The fraction of sp³-hybridized carbons (Fsp3) is 0.600. The number of rotatable bonds is 2. The van der Waals surface area contributed by atoms with Crippen molar-refractivity contribution in [3.63, 3.8) is 0 Å². The van der Waals surface area contributed by atoms with Crippen LogP contribution in [0.1, 0.15) is 13.3 Å². The largest absolute Gasteiger partial charge is 0.382 e. The average molecular weight is 113 g/mol. The van der Waals surface area contributed by atoms with Gasteiger partial charge in [-0.15, -0.1) is 0 Å². The molecule has 0 fully saturated rings. The highest BCUT2D eigenvalue weighted by Crippen LogP contribution is 2.01. The van der Waals surface area contributed by atoms with Crippen LogP contribution < -0.4 is 0 Å². The first-order valence-corrected chi connectivity index (χ1v) is 2.18. The zero-order valence-electron chi connectivity index (χ0n) is 4.59. The van der Waals surface area contributed by atoms with Gasteiger partial charge in [-0.1, -0.05) is 0 Å². The number of carbonyl (C=O) groups is 1. The van der Waals surface area contributed by atoms with Gasteiger partial charge in [0.15, 0.2) is 6.29 Å². The Bertz CT molecular complexity index is 123. The standard InChI is InChI=1S/C5H7NO2/c1-5(8,4-7)2-3-6/h4,8H,2H2,1H3. The molecule has 3 nitrogen and oxygen atoms in total. The van der Waals surface area contributed by atoms with Gasteiger partial charge in [0, 0.05) is 0 Å². The van der Waals surface area contributed by atoms with Crippen molar-refractivity contribution in [3.8, 4) is 6.07 Å². The van der Waals surface area contributed by atoms with Gasteiger partial charge in [-0.2, -0.15) is 5.26 Å². The van der Waals surface area contributed by atoms with E-state index >= 15 is 0 Å². The van der Waals surface area contributed by atoms with E-state index in [1.807, 2.05) is 0 Å². The van der Waals surface area contributed by atoms with Crippen molar-refractivity contribution < 1.29 is 9.90 Å². The van der Waals surface area contributed by atoms with Crippen LogP contribution in [0.15, 0.2) is 0 Å². The summed E-state index contributed by atoms with van der Waals surface area (Å²) in [4.78, 5) is 9.82. The smallest absolute Gasteiger partial charge is 0.152 e. The molecule has 1 N–H and O–H groups in total. The van der Waals surface area contributed by atoms with E-state index in [4.69, 9.17) is 10.4 Å². The highest BCUT2D eigenvalue weighted by Gasteiger charge is 2.17. The Morgan fingerprint density at radius 2 is 2.50 bits per heavy atom. The van der Waals surface area contributed by atoms with Gasteiger partial charge < -0.3 is 9.90 Å². The van der Waals surface area contributed by atoms with Gasteiger partial charge in [-0.05, 0) is 6.92 Å². The summed E-state index contributed by atoms with van der Waals surface area (Å²) in [6, 6.07) is 1.68. The first-order chi connectivity index (χ1) is 3.62. The fourth-order valence-electron chi connectivity index (χ4n) is 0.202. The molecule has 0 spiro atoms. The van der Waals surface area contributed by atoms with Crippen LogP contribution in [0.2, 0.25) is 0 Å². The monoisotopic (exact) mass is 113 g/mol. The highest BCUT2D eigenvalue weighted by atomic mass is 16.3. The van der Waals surface area contributed by atoms with Crippen molar-refractivity contribution >= 4 is 6.29 Å². The lowest BCUT2D eigenvalue weighted by Gasteiger charge is -2.07. The molecule has 1 unspecified atom stereocenters. The Kier molecular flexibility index (Phi) is 2.17. The maximum Gasteiger partial charge on any atom is 0.152 e. The Hall–Kier alpha value is -0.880. The zero-order valence-corrected chi connectivity index (χ0v) is 4.59. The third-order valence-corrected chi connectivity index (χ3v) is 0.691. The van der Waals surface area contributed by atoms with E-state index in [0.717, 1.165) is 0 Å². The van der Waals surface area contributed by atoms with E-state index in [0.29, 0.717) is 6.29 Å². The fourth-order valence-corrected chi connectivity index (χ4v) is 0.202. The molecule has 0 aromatic rings. The molecule has 0 radical (unpaired) electrons. The average Bonchev–Trinajstić information content (AvgIpc) is 1.67. The molecule has 0 amide bonds. The first kappa shape index (κ1) is 7.12. The number of carbonyl (C=O) groups excluding carboxylic acids is 1. The minimum Gasteiger partial charge on any atom is -0.382 e. The second kappa shape index (κ2) is 2.43. The van der Waals surface area contributed by atoms with Gasteiger partial charge >= 0.3 is 0 Å². The molecule has 44 valence electrons. The second-order valence-electron chi connectivity index (χ2n) is 1.81. The molecular formula is C5H7NO2. The Balaban J connectivity index is 3.76. The summed E-state index contributed by atoms with van der Waals surface area (Å²) in [5, 5.41) is 16.7. The van der Waals surface area contributed by atoms with Gasteiger partial charge in [-0.3, -0.25) is 0 Å². The summed E-state index contributed by atoms with van der Waals surface area (Å²) in [6.45, 7) is 1.29. The van der Waals surface area contributed by atoms with Gasteiger partial charge in [0.1, 0.15) is 5.60 Å². The number of hydrogen-bond donors (Lipinski definition) is 1. The molecule has 8 heavy (non-hydrogen) atoms. The minimum absolute atomic E-state index is 0.142. The summed E-state index contributed by atoms with van der Waals surface area (Å²) in [5.74, 6) is 0. The molecule has 3 heteroatoms. The van der Waals surface area contributed by atoms with E-state index in [1.54, 1.807) is 6.07 Å². The maximum atomic E-state index is 9.82. The number of hydrogen-bond acceptors (Lipinski definition) is 3. The molecule has 0 aliphatic heterocycles. The molecule has 0 saturated heterocycles. The van der Waals surface area contributed by atoms with Crippen LogP contribution in [0.3, 0.4) is 0 Å². The zero-order chi connectivity index (χ0) is 6.62. The predicted molar refractivity (Wildman–Crippen MR) is 26.9 cm³/mol. The molecule has 0 aliphatic rings. The predicted octanol–water partition coefficient (Wildman–Crippen LogP) is -0.150. The van der Waals surface area contributed by atoms with E-state index in [9.17, 15) is 4.79 Å². The SMILES string of the molecule is CC(O)(C=O)CC#N. The number of nitriles is 1. The lowest BCUT2D eigenvalue weighted by atomic mass is 10.1. The molecular weight excluding hydrogens is 106 g/mol. The minimum atomic E-state index is -1.45. The number of aliphatic hydroxyl groups is 1.